The minimum atomic E-state index is -4.62. The molecule has 0 saturated carbocycles. The van der Waals surface area contributed by atoms with Crippen LogP contribution in [0.3, 0.4) is 0 Å². The highest BCUT2D eigenvalue weighted by molar-refractivity contribution is 9.10. The first kappa shape index (κ1) is 26.3. The van der Waals surface area contributed by atoms with Gasteiger partial charge in [-0.05, 0) is 66.7 Å². The van der Waals surface area contributed by atoms with Crippen LogP contribution in [0, 0.1) is 11.3 Å². The Kier molecular flexibility index (Phi) is 7.90. The molecule has 12 heteroatoms. The Bertz CT molecular complexity index is 1450. The molecule has 0 radical (unpaired) electrons. The molecule has 0 aliphatic heterocycles. The molecular weight excluding hydrogens is 573 g/mol. The summed E-state index contributed by atoms with van der Waals surface area (Å²) in [4.78, 5) is 12.4. The average Bonchev–Trinajstić information content (AvgIpc) is 2.79. The second-order valence-electron chi connectivity index (χ2n) is 6.88. The maximum Gasteiger partial charge on any atom is 0.416 e. The Morgan fingerprint density at radius 3 is 2.40 bits per heavy atom. The van der Waals surface area contributed by atoms with E-state index in [0.717, 1.165) is 24.3 Å². The number of hydrogen-bond donors (Lipinski definition) is 1. The topological polar surface area (TPSA) is 96.3 Å². The van der Waals surface area contributed by atoms with E-state index in [4.69, 9.17) is 15.8 Å². The molecule has 0 heterocycles. The van der Waals surface area contributed by atoms with E-state index in [0.29, 0.717) is 9.50 Å². The quantitative estimate of drug-likeness (QED) is 0.204. The van der Waals surface area contributed by atoms with Crippen LogP contribution in [-0.2, 0) is 21.1 Å². The number of carbonyl (C=O) groups is 1. The average molecular weight is 586 g/mol. The first-order chi connectivity index (χ1) is 16.4. The number of nitriles is 1. The van der Waals surface area contributed by atoms with Gasteiger partial charge in [-0.2, -0.15) is 26.9 Å². The number of amides is 1. The smallest absolute Gasteiger partial charge is 0.378 e. The molecule has 3 aromatic carbocycles. The second-order valence-corrected chi connectivity index (χ2v) is 9.77. The largest absolute Gasteiger partial charge is 0.416 e. The zero-order valence-corrected chi connectivity index (χ0v) is 20.5. The molecule has 3 aromatic rings. The Morgan fingerprint density at radius 2 is 1.77 bits per heavy atom. The molecule has 0 atom stereocenters. The number of carbonyl (C=O) groups excluding carboxylic acids is 1. The number of benzene rings is 3. The third-order valence-electron chi connectivity index (χ3n) is 4.39. The van der Waals surface area contributed by atoms with Crippen LogP contribution in [0.5, 0.6) is 5.75 Å². The lowest BCUT2D eigenvalue weighted by Crippen LogP contribution is -2.15. The van der Waals surface area contributed by atoms with Crippen molar-refractivity contribution in [3.8, 4) is 11.8 Å². The van der Waals surface area contributed by atoms with E-state index in [1.807, 2.05) is 0 Å². The highest BCUT2D eigenvalue weighted by Gasteiger charge is 2.30. The van der Waals surface area contributed by atoms with Gasteiger partial charge in [-0.25, -0.2) is 0 Å². The molecule has 1 N–H and O–H groups in total. The summed E-state index contributed by atoms with van der Waals surface area (Å²) >= 11 is 9.00. The highest BCUT2D eigenvalue weighted by Crippen LogP contribution is 2.31. The third kappa shape index (κ3) is 6.85. The summed E-state index contributed by atoms with van der Waals surface area (Å²) in [7, 11) is -4.29. The number of hydrogen-bond acceptors (Lipinski definition) is 5. The zero-order valence-electron chi connectivity index (χ0n) is 17.3. The van der Waals surface area contributed by atoms with Crippen LogP contribution < -0.4 is 9.50 Å². The summed E-state index contributed by atoms with van der Waals surface area (Å²) in [6, 6.07) is 15.0. The Balaban J connectivity index is 1.92. The van der Waals surface area contributed by atoms with Crippen molar-refractivity contribution in [2.24, 2.45) is 0 Å². The first-order valence-electron chi connectivity index (χ1n) is 9.49. The fraction of sp³-hybridized carbons (Fsp3) is 0.0435. The normalized spacial score (nSPS) is 12.1. The van der Waals surface area contributed by atoms with Crippen molar-refractivity contribution >= 4 is 55.3 Å². The lowest BCUT2D eigenvalue weighted by molar-refractivity contribution is -0.137. The van der Waals surface area contributed by atoms with E-state index < -0.39 is 33.3 Å². The van der Waals surface area contributed by atoms with Crippen LogP contribution in [0.2, 0.25) is 5.02 Å². The van der Waals surface area contributed by atoms with Crippen molar-refractivity contribution in [3.05, 3.63) is 92.9 Å². The maximum atomic E-state index is 12.9. The molecule has 180 valence electrons. The van der Waals surface area contributed by atoms with Gasteiger partial charge in [-0.1, -0.05) is 33.6 Å². The SMILES string of the molecule is N#C/C(=C\c1cc(Br)ccc1OS(=O)(=O)c1ccc(Cl)cc1)C(=O)Nc1cccc(C(F)(F)F)c1. The predicted molar refractivity (Wildman–Crippen MR) is 127 cm³/mol. The van der Waals surface area contributed by atoms with Crippen molar-refractivity contribution in [2.45, 2.75) is 11.1 Å². The first-order valence-corrected chi connectivity index (χ1v) is 12.1. The summed E-state index contributed by atoms with van der Waals surface area (Å²) in [5.74, 6) is -1.19. The lowest BCUT2D eigenvalue weighted by atomic mass is 10.1. The van der Waals surface area contributed by atoms with Crippen molar-refractivity contribution in [2.75, 3.05) is 5.32 Å². The predicted octanol–water partition coefficient (Wildman–Crippen LogP) is 6.43. The third-order valence-corrected chi connectivity index (χ3v) is 6.38. The monoisotopic (exact) mass is 584 g/mol. The van der Waals surface area contributed by atoms with Crippen molar-refractivity contribution in [3.63, 3.8) is 0 Å². The molecule has 0 aromatic heterocycles. The van der Waals surface area contributed by atoms with Crippen molar-refractivity contribution in [1.29, 1.82) is 5.26 Å². The summed E-state index contributed by atoms with van der Waals surface area (Å²) in [5.41, 5.74) is -1.61. The molecular formula is C23H13BrClF3N2O4S. The van der Waals surface area contributed by atoms with E-state index in [2.05, 4.69) is 21.2 Å². The summed E-state index contributed by atoms with van der Waals surface area (Å²) in [6.45, 7) is 0. The molecule has 0 bridgehead atoms. The van der Waals surface area contributed by atoms with Gasteiger partial charge in [-0.15, -0.1) is 0 Å². The van der Waals surface area contributed by atoms with Gasteiger partial charge in [0.1, 0.15) is 22.3 Å². The van der Waals surface area contributed by atoms with Gasteiger partial charge in [0, 0.05) is 20.7 Å². The van der Waals surface area contributed by atoms with Gasteiger partial charge in [0.15, 0.2) is 0 Å². The van der Waals surface area contributed by atoms with Crippen LogP contribution in [0.1, 0.15) is 11.1 Å². The van der Waals surface area contributed by atoms with Crippen LogP contribution in [-0.4, -0.2) is 14.3 Å². The maximum absolute atomic E-state index is 12.9. The molecule has 0 fully saturated rings. The Hall–Kier alpha value is -3.33. The standard InChI is InChI=1S/C23H13BrClF3N2O4S/c24-17-4-9-21(34-35(32,33)20-7-5-18(25)6-8-20)14(11-17)10-15(13-29)22(31)30-19-3-1-2-16(12-19)23(26,27)28/h1-12H,(H,30,31)/b15-10+. The molecule has 0 saturated heterocycles. The molecule has 1 amide bonds. The fourth-order valence-corrected chi connectivity index (χ4v) is 4.21. The molecule has 0 spiro atoms. The van der Waals surface area contributed by atoms with Crippen LogP contribution in [0.25, 0.3) is 6.08 Å². The molecule has 35 heavy (non-hydrogen) atoms. The van der Waals surface area contributed by atoms with Gasteiger partial charge in [0.05, 0.1) is 5.56 Å². The van der Waals surface area contributed by atoms with Crippen molar-refractivity contribution in [1.82, 2.24) is 0 Å². The van der Waals surface area contributed by atoms with E-state index in [1.165, 1.54) is 48.5 Å². The van der Waals surface area contributed by atoms with Gasteiger partial charge >= 0.3 is 16.3 Å². The molecule has 0 unspecified atom stereocenters. The van der Waals surface area contributed by atoms with E-state index in [-0.39, 0.29) is 21.9 Å². The minimum Gasteiger partial charge on any atom is -0.378 e. The Labute approximate surface area is 211 Å². The summed E-state index contributed by atoms with van der Waals surface area (Å²) in [5, 5.41) is 12.0. The van der Waals surface area contributed by atoms with Crippen molar-refractivity contribution < 1.29 is 30.6 Å². The minimum absolute atomic E-state index is 0.0488. The second kappa shape index (κ2) is 10.5. The van der Waals surface area contributed by atoms with E-state index in [1.54, 1.807) is 6.07 Å². The van der Waals surface area contributed by atoms with Crippen LogP contribution in [0.4, 0.5) is 18.9 Å². The summed E-state index contributed by atoms with van der Waals surface area (Å²) in [6.07, 6.45) is -3.56. The zero-order chi connectivity index (χ0) is 25.8. The highest BCUT2D eigenvalue weighted by atomic mass is 79.9. The van der Waals surface area contributed by atoms with Gasteiger partial charge in [0.25, 0.3) is 5.91 Å². The molecule has 6 nitrogen and oxygen atoms in total. The van der Waals surface area contributed by atoms with Gasteiger partial charge < -0.3 is 9.50 Å². The number of rotatable bonds is 6. The van der Waals surface area contributed by atoms with Gasteiger partial charge in [-0.3, -0.25) is 4.79 Å². The number of anilines is 1. The van der Waals surface area contributed by atoms with Crippen LogP contribution >= 0.6 is 27.5 Å². The lowest BCUT2D eigenvalue weighted by Gasteiger charge is -2.11. The molecule has 0 aliphatic carbocycles. The fourth-order valence-electron chi connectivity index (χ4n) is 2.75. The van der Waals surface area contributed by atoms with Crippen LogP contribution in [0.15, 0.2) is 81.7 Å². The number of nitrogens with zero attached hydrogens (tertiary/aromatic N) is 1. The summed E-state index contributed by atoms with van der Waals surface area (Å²) < 4.78 is 69.8. The van der Waals surface area contributed by atoms with E-state index >= 15 is 0 Å². The number of halogens is 5. The molecule has 3 rings (SSSR count). The van der Waals surface area contributed by atoms with Gasteiger partial charge in [0.2, 0.25) is 0 Å². The number of alkyl halides is 3. The Morgan fingerprint density at radius 1 is 1.09 bits per heavy atom. The number of nitrogens with one attached hydrogen (secondary N) is 1. The van der Waals surface area contributed by atoms with E-state index in [9.17, 15) is 31.6 Å². The molecule has 0 aliphatic rings.